The van der Waals surface area contributed by atoms with E-state index in [1.165, 1.54) is 6.42 Å². The molecule has 1 unspecified atom stereocenters. The van der Waals surface area contributed by atoms with Gasteiger partial charge in [-0.05, 0) is 49.9 Å². The fraction of sp³-hybridized carbons (Fsp3) is 0.933. The van der Waals surface area contributed by atoms with Crippen LogP contribution in [0.4, 0.5) is 4.79 Å². The minimum atomic E-state index is -0.243. The number of carbonyl (C=O) groups excluding carboxylic acids is 1. The van der Waals surface area contributed by atoms with Crippen LogP contribution in [0.25, 0.3) is 0 Å². The molecule has 1 N–H and O–H groups in total. The van der Waals surface area contributed by atoms with E-state index >= 15 is 0 Å². The standard InChI is InChI=1S/C15H25NO4/c17-14(20-11-12-2-7-18-8-3-12)16-13-1-4-15(13)5-9-19-10-6-15/h12-13H,1-11H2,(H,16,17). The topological polar surface area (TPSA) is 56.8 Å². The summed E-state index contributed by atoms with van der Waals surface area (Å²) in [5.41, 5.74) is 0.288. The van der Waals surface area contributed by atoms with Gasteiger partial charge in [0.25, 0.3) is 0 Å². The van der Waals surface area contributed by atoms with Gasteiger partial charge < -0.3 is 19.5 Å². The first kappa shape index (κ1) is 14.1. The van der Waals surface area contributed by atoms with Gasteiger partial charge in [0.1, 0.15) is 0 Å². The van der Waals surface area contributed by atoms with Crippen LogP contribution in [0.15, 0.2) is 0 Å². The molecule has 2 heterocycles. The Bertz CT molecular complexity index is 335. The molecule has 2 saturated heterocycles. The van der Waals surface area contributed by atoms with E-state index in [0.717, 1.165) is 58.5 Å². The van der Waals surface area contributed by atoms with Gasteiger partial charge >= 0.3 is 6.09 Å². The minimum Gasteiger partial charge on any atom is -0.449 e. The van der Waals surface area contributed by atoms with Crippen molar-refractivity contribution in [1.82, 2.24) is 5.32 Å². The van der Waals surface area contributed by atoms with Crippen LogP contribution in [0.2, 0.25) is 0 Å². The number of hydrogen-bond acceptors (Lipinski definition) is 4. The van der Waals surface area contributed by atoms with Crippen LogP contribution < -0.4 is 5.32 Å². The van der Waals surface area contributed by atoms with Crippen molar-refractivity contribution < 1.29 is 19.0 Å². The molecular formula is C15H25NO4. The highest BCUT2D eigenvalue weighted by Crippen LogP contribution is 2.48. The zero-order valence-corrected chi connectivity index (χ0v) is 12.1. The third kappa shape index (κ3) is 3.09. The van der Waals surface area contributed by atoms with Crippen LogP contribution in [-0.2, 0) is 14.2 Å². The summed E-state index contributed by atoms with van der Waals surface area (Å²) in [4.78, 5) is 11.9. The average molecular weight is 283 g/mol. The molecule has 1 saturated carbocycles. The Morgan fingerprint density at radius 1 is 1.05 bits per heavy atom. The van der Waals surface area contributed by atoms with Crippen molar-refractivity contribution in [3.05, 3.63) is 0 Å². The van der Waals surface area contributed by atoms with Crippen LogP contribution >= 0.6 is 0 Å². The van der Waals surface area contributed by atoms with Crippen LogP contribution in [0.3, 0.4) is 0 Å². The maximum absolute atomic E-state index is 11.9. The van der Waals surface area contributed by atoms with Crippen molar-refractivity contribution in [2.24, 2.45) is 11.3 Å². The van der Waals surface area contributed by atoms with Crippen molar-refractivity contribution in [3.63, 3.8) is 0 Å². The molecule has 0 aromatic carbocycles. The second kappa shape index (κ2) is 6.31. The van der Waals surface area contributed by atoms with Gasteiger partial charge in [0, 0.05) is 32.5 Å². The van der Waals surface area contributed by atoms with Crippen LogP contribution in [0.1, 0.15) is 38.5 Å². The zero-order valence-electron chi connectivity index (χ0n) is 12.1. The molecule has 0 radical (unpaired) electrons. The second-order valence-electron chi connectivity index (χ2n) is 6.36. The molecule has 20 heavy (non-hydrogen) atoms. The average Bonchev–Trinajstić information content (AvgIpc) is 2.51. The van der Waals surface area contributed by atoms with Gasteiger partial charge in [-0.3, -0.25) is 0 Å². The highest BCUT2D eigenvalue weighted by atomic mass is 16.5. The van der Waals surface area contributed by atoms with Crippen LogP contribution in [0.5, 0.6) is 0 Å². The number of carbonyl (C=O) groups is 1. The number of amides is 1. The summed E-state index contributed by atoms with van der Waals surface area (Å²) in [5.74, 6) is 0.466. The van der Waals surface area contributed by atoms with Gasteiger partial charge in [0.2, 0.25) is 0 Å². The maximum atomic E-state index is 11.9. The quantitative estimate of drug-likeness (QED) is 0.862. The van der Waals surface area contributed by atoms with E-state index in [4.69, 9.17) is 14.2 Å². The lowest BCUT2D eigenvalue weighted by atomic mass is 9.60. The highest BCUT2D eigenvalue weighted by Gasteiger charge is 2.48. The van der Waals surface area contributed by atoms with Gasteiger partial charge in [0.15, 0.2) is 0 Å². The van der Waals surface area contributed by atoms with E-state index in [1.54, 1.807) is 0 Å². The van der Waals surface area contributed by atoms with Gasteiger partial charge in [-0.2, -0.15) is 0 Å². The van der Waals surface area contributed by atoms with Crippen molar-refractivity contribution in [3.8, 4) is 0 Å². The van der Waals surface area contributed by atoms with Crippen LogP contribution in [-0.4, -0.2) is 45.2 Å². The Morgan fingerprint density at radius 3 is 2.40 bits per heavy atom. The molecule has 1 amide bonds. The van der Waals surface area contributed by atoms with Gasteiger partial charge in [-0.25, -0.2) is 4.79 Å². The molecule has 5 nitrogen and oxygen atoms in total. The summed E-state index contributed by atoms with van der Waals surface area (Å²) in [6.07, 6.45) is 6.17. The van der Waals surface area contributed by atoms with Gasteiger partial charge in [-0.15, -0.1) is 0 Å². The minimum absolute atomic E-state index is 0.243. The lowest BCUT2D eigenvalue weighted by Crippen LogP contribution is -2.57. The molecule has 2 aliphatic heterocycles. The zero-order chi connectivity index (χ0) is 13.8. The maximum Gasteiger partial charge on any atom is 0.407 e. The second-order valence-corrected chi connectivity index (χ2v) is 6.36. The Balaban J connectivity index is 1.40. The Labute approximate surface area is 120 Å². The van der Waals surface area contributed by atoms with Crippen molar-refractivity contribution in [2.45, 2.75) is 44.6 Å². The summed E-state index contributed by atoms with van der Waals surface area (Å²) in [6, 6.07) is 0.286. The molecular weight excluding hydrogens is 258 g/mol. The summed E-state index contributed by atoms with van der Waals surface area (Å²) in [7, 11) is 0. The normalized spacial score (nSPS) is 29.7. The first-order valence-corrected chi connectivity index (χ1v) is 7.87. The van der Waals surface area contributed by atoms with Crippen molar-refractivity contribution in [1.29, 1.82) is 0 Å². The molecule has 1 atom stereocenters. The van der Waals surface area contributed by atoms with E-state index in [0.29, 0.717) is 12.5 Å². The lowest BCUT2D eigenvalue weighted by molar-refractivity contribution is -0.0544. The molecule has 1 spiro atoms. The fourth-order valence-electron chi connectivity index (χ4n) is 3.59. The number of ether oxygens (including phenoxy) is 3. The highest BCUT2D eigenvalue weighted by molar-refractivity contribution is 5.68. The first-order chi connectivity index (χ1) is 9.78. The molecule has 3 aliphatic rings. The molecule has 1 aliphatic carbocycles. The van der Waals surface area contributed by atoms with E-state index < -0.39 is 0 Å². The number of hydrogen-bond donors (Lipinski definition) is 1. The summed E-state index contributed by atoms with van der Waals surface area (Å²) >= 11 is 0. The summed E-state index contributed by atoms with van der Waals surface area (Å²) in [6.45, 7) is 3.77. The third-order valence-electron chi connectivity index (χ3n) is 5.24. The molecule has 0 bridgehead atoms. The van der Waals surface area contributed by atoms with Crippen molar-refractivity contribution >= 4 is 6.09 Å². The third-order valence-corrected chi connectivity index (χ3v) is 5.24. The largest absolute Gasteiger partial charge is 0.449 e. The molecule has 0 aromatic heterocycles. The van der Waals surface area contributed by atoms with Crippen molar-refractivity contribution in [2.75, 3.05) is 33.0 Å². The molecule has 5 heteroatoms. The monoisotopic (exact) mass is 283 g/mol. The van der Waals surface area contributed by atoms with E-state index in [1.807, 2.05) is 0 Å². The predicted octanol–water partition coefficient (Wildman–Crippen LogP) is 2.10. The summed E-state index contributed by atoms with van der Waals surface area (Å²) < 4.78 is 16.1. The Morgan fingerprint density at radius 2 is 1.75 bits per heavy atom. The van der Waals surface area contributed by atoms with E-state index in [-0.39, 0.29) is 17.6 Å². The fourth-order valence-corrected chi connectivity index (χ4v) is 3.59. The molecule has 3 rings (SSSR count). The summed E-state index contributed by atoms with van der Waals surface area (Å²) in [5, 5.41) is 3.07. The Kier molecular flexibility index (Phi) is 4.46. The smallest absolute Gasteiger partial charge is 0.407 e. The predicted molar refractivity (Wildman–Crippen MR) is 73.5 cm³/mol. The Hall–Kier alpha value is -0.810. The van der Waals surface area contributed by atoms with E-state index in [9.17, 15) is 4.79 Å². The molecule has 3 fully saturated rings. The van der Waals surface area contributed by atoms with Crippen LogP contribution in [0, 0.1) is 11.3 Å². The molecule has 114 valence electrons. The number of nitrogens with one attached hydrogen (secondary N) is 1. The lowest BCUT2D eigenvalue weighted by Gasteiger charge is -2.51. The molecule has 0 aromatic rings. The SMILES string of the molecule is O=C(NC1CCC12CCOCC2)OCC1CCOCC1. The first-order valence-electron chi connectivity index (χ1n) is 7.87. The van der Waals surface area contributed by atoms with Gasteiger partial charge in [0.05, 0.1) is 6.61 Å². The number of rotatable bonds is 3. The van der Waals surface area contributed by atoms with Gasteiger partial charge in [-0.1, -0.05) is 0 Å². The van der Waals surface area contributed by atoms with E-state index in [2.05, 4.69) is 5.32 Å². The number of alkyl carbamates (subject to hydrolysis) is 1.